The molecule has 2 aromatic heterocycles. The van der Waals surface area contributed by atoms with Gasteiger partial charge in [-0.3, -0.25) is 0 Å². The standard InChI is InChI=1S/C20H22ClN5O5/c1-9-3-5-11(6-4-9)19-22-10(2)14(18(21)23-19)12-7-26(25-24-12)15-17(29)16(28)13(8-27)31-20(15)30/h3-7,13,15-17,20,27-30H,8H2,1-2H3/t13-,15-,16-,17-,20?/m1/s1. The summed E-state index contributed by atoms with van der Waals surface area (Å²) in [5.74, 6) is 0.475. The molecule has 1 unspecified atom stereocenters. The highest BCUT2D eigenvalue weighted by atomic mass is 35.5. The quantitative estimate of drug-likeness (QED) is 0.423. The van der Waals surface area contributed by atoms with Crippen molar-refractivity contribution in [3.05, 3.63) is 46.9 Å². The van der Waals surface area contributed by atoms with E-state index in [2.05, 4.69) is 20.3 Å². The summed E-state index contributed by atoms with van der Waals surface area (Å²) in [6.45, 7) is 3.20. The van der Waals surface area contributed by atoms with Crippen molar-refractivity contribution in [1.82, 2.24) is 25.0 Å². The minimum absolute atomic E-state index is 0.177. The first-order valence-corrected chi connectivity index (χ1v) is 10.0. The lowest BCUT2D eigenvalue weighted by atomic mass is 9.97. The Morgan fingerprint density at radius 1 is 1.06 bits per heavy atom. The highest BCUT2D eigenvalue weighted by molar-refractivity contribution is 6.32. The minimum atomic E-state index is -1.51. The molecule has 31 heavy (non-hydrogen) atoms. The van der Waals surface area contributed by atoms with Crippen LogP contribution in [-0.4, -0.2) is 76.6 Å². The van der Waals surface area contributed by atoms with Crippen molar-refractivity contribution in [2.24, 2.45) is 0 Å². The van der Waals surface area contributed by atoms with Crippen LogP contribution >= 0.6 is 11.6 Å². The van der Waals surface area contributed by atoms with Crippen molar-refractivity contribution >= 4 is 11.6 Å². The fourth-order valence-corrected chi connectivity index (χ4v) is 3.88. The molecule has 1 aliphatic rings. The van der Waals surface area contributed by atoms with E-state index < -0.39 is 37.3 Å². The zero-order valence-electron chi connectivity index (χ0n) is 16.8. The van der Waals surface area contributed by atoms with E-state index in [1.165, 1.54) is 10.9 Å². The second kappa shape index (κ2) is 8.58. The fourth-order valence-electron chi connectivity index (χ4n) is 3.57. The van der Waals surface area contributed by atoms with Crippen molar-refractivity contribution in [3.63, 3.8) is 0 Å². The average Bonchev–Trinajstić information content (AvgIpc) is 3.19. The third-order valence-electron chi connectivity index (χ3n) is 5.29. The van der Waals surface area contributed by atoms with Crippen LogP contribution in [0.1, 0.15) is 17.3 Å². The summed E-state index contributed by atoms with van der Waals surface area (Å²) in [7, 11) is 0. The van der Waals surface area contributed by atoms with E-state index in [-0.39, 0.29) is 5.15 Å². The number of benzene rings is 1. The summed E-state index contributed by atoms with van der Waals surface area (Å²) in [6.07, 6.45) is -4.01. The molecule has 4 N–H and O–H groups in total. The molecule has 0 bridgehead atoms. The maximum atomic E-state index is 10.4. The molecule has 1 aromatic carbocycles. The Morgan fingerprint density at radius 2 is 1.77 bits per heavy atom. The van der Waals surface area contributed by atoms with Crippen LogP contribution in [0.15, 0.2) is 30.5 Å². The number of aryl methyl sites for hydroxylation is 2. The first-order valence-electron chi connectivity index (χ1n) is 9.64. The minimum Gasteiger partial charge on any atom is -0.394 e. The van der Waals surface area contributed by atoms with Crippen molar-refractivity contribution in [3.8, 4) is 22.6 Å². The Bertz CT molecular complexity index is 1050. The van der Waals surface area contributed by atoms with Crippen LogP contribution in [0.2, 0.25) is 5.15 Å². The number of aromatic nitrogens is 5. The molecule has 1 saturated heterocycles. The molecule has 1 aliphatic heterocycles. The van der Waals surface area contributed by atoms with Gasteiger partial charge in [-0.05, 0) is 13.8 Å². The molecule has 0 aliphatic carbocycles. The van der Waals surface area contributed by atoms with Crippen molar-refractivity contribution < 1.29 is 25.2 Å². The van der Waals surface area contributed by atoms with Gasteiger partial charge in [-0.25, -0.2) is 14.6 Å². The molecular formula is C20H22ClN5O5. The third-order valence-corrected chi connectivity index (χ3v) is 5.57. The maximum absolute atomic E-state index is 10.4. The SMILES string of the molecule is Cc1ccc(-c2nc(C)c(-c3cn([C@H]4C(O)O[C@H](CO)[C@@H](O)[C@@H]4O)nn3)c(Cl)n2)cc1. The Balaban J connectivity index is 1.65. The molecule has 1 fully saturated rings. The van der Waals surface area contributed by atoms with Gasteiger partial charge in [0.2, 0.25) is 0 Å². The van der Waals surface area contributed by atoms with Gasteiger partial charge in [-0.1, -0.05) is 46.6 Å². The molecular weight excluding hydrogens is 426 g/mol. The van der Waals surface area contributed by atoms with Crippen molar-refractivity contribution in [2.45, 2.75) is 44.5 Å². The van der Waals surface area contributed by atoms with E-state index >= 15 is 0 Å². The van der Waals surface area contributed by atoms with Crippen LogP contribution < -0.4 is 0 Å². The summed E-state index contributed by atoms with van der Waals surface area (Å²) < 4.78 is 6.36. The summed E-state index contributed by atoms with van der Waals surface area (Å²) in [5, 5.41) is 48.2. The van der Waals surface area contributed by atoms with Gasteiger partial charge in [-0.2, -0.15) is 0 Å². The van der Waals surface area contributed by atoms with Crippen LogP contribution in [0.3, 0.4) is 0 Å². The first kappa shape index (κ1) is 21.8. The molecule has 0 saturated carbocycles. The Kier molecular flexibility index (Phi) is 6.02. The fraction of sp³-hybridized carbons (Fsp3) is 0.400. The van der Waals surface area contributed by atoms with Gasteiger partial charge in [0.05, 0.1) is 24.1 Å². The maximum Gasteiger partial charge on any atom is 0.180 e. The van der Waals surface area contributed by atoms with Gasteiger partial charge in [-0.15, -0.1) is 5.10 Å². The number of hydrogen-bond donors (Lipinski definition) is 4. The number of rotatable bonds is 4. The van der Waals surface area contributed by atoms with Crippen LogP contribution in [0.4, 0.5) is 0 Å². The van der Waals surface area contributed by atoms with E-state index in [1.807, 2.05) is 31.2 Å². The van der Waals surface area contributed by atoms with Crippen molar-refractivity contribution in [2.75, 3.05) is 6.61 Å². The van der Waals surface area contributed by atoms with Crippen LogP contribution in [0.5, 0.6) is 0 Å². The predicted octanol–water partition coefficient (Wildman–Crippen LogP) is 0.645. The van der Waals surface area contributed by atoms with Gasteiger partial charge in [0.25, 0.3) is 0 Å². The molecule has 0 radical (unpaired) electrons. The molecule has 11 heteroatoms. The number of aliphatic hydroxyl groups excluding tert-OH is 4. The largest absolute Gasteiger partial charge is 0.394 e. The predicted molar refractivity (Wildman–Crippen MR) is 110 cm³/mol. The van der Waals surface area contributed by atoms with Gasteiger partial charge >= 0.3 is 0 Å². The summed E-state index contributed by atoms with van der Waals surface area (Å²) >= 11 is 6.44. The summed E-state index contributed by atoms with van der Waals surface area (Å²) in [4.78, 5) is 8.91. The lowest BCUT2D eigenvalue weighted by Crippen LogP contribution is -2.56. The molecule has 0 spiro atoms. The highest BCUT2D eigenvalue weighted by Crippen LogP contribution is 2.33. The number of halogens is 1. The Hall–Kier alpha value is -2.47. The van der Waals surface area contributed by atoms with E-state index in [0.717, 1.165) is 11.1 Å². The molecule has 164 valence electrons. The Labute approximate surface area is 182 Å². The average molecular weight is 448 g/mol. The van der Waals surface area contributed by atoms with Crippen LogP contribution in [-0.2, 0) is 4.74 Å². The van der Waals surface area contributed by atoms with E-state index in [9.17, 15) is 20.4 Å². The van der Waals surface area contributed by atoms with E-state index in [0.29, 0.717) is 22.8 Å². The number of aliphatic hydroxyl groups is 4. The topological polar surface area (TPSA) is 147 Å². The highest BCUT2D eigenvalue weighted by Gasteiger charge is 2.45. The molecule has 5 atom stereocenters. The Morgan fingerprint density at radius 3 is 2.42 bits per heavy atom. The van der Waals surface area contributed by atoms with E-state index in [1.54, 1.807) is 6.92 Å². The number of nitrogens with zero attached hydrogens (tertiary/aromatic N) is 5. The smallest absolute Gasteiger partial charge is 0.180 e. The third kappa shape index (κ3) is 4.05. The lowest BCUT2D eigenvalue weighted by molar-refractivity contribution is -0.265. The molecule has 4 rings (SSSR count). The number of ether oxygens (including phenoxy) is 1. The second-order valence-corrected chi connectivity index (χ2v) is 7.83. The second-order valence-electron chi connectivity index (χ2n) is 7.47. The zero-order valence-corrected chi connectivity index (χ0v) is 17.5. The normalized spacial score (nSPS) is 26.2. The lowest BCUT2D eigenvalue weighted by Gasteiger charge is -2.39. The van der Waals surface area contributed by atoms with Gasteiger partial charge in [0, 0.05) is 5.56 Å². The van der Waals surface area contributed by atoms with Gasteiger partial charge in [0.1, 0.15) is 35.2 Å². The number of hydrogen-bond acceptors (Lipinski definition) is 9. The van der Waals surface area contributed by atoms with E-state index in [4.69, 9.17) is 16.3 Å². The monoisotopic (exact) mass is 447 g/mol. The molecule has 0 amide bonds. The summed E-state index contributed by atoms with van der Waals surface area (Å²) in [5.41, 5.74) is 3.30. The molecule has 10 nitrogen and oxygen atoms in total. The van der Waals surface area contributed by atoms with Crippen LogP contribution in [0, 0.1) is 13.8 Å². The summed E-state index contributed by atoms with van der Waals surface area (Å²) in [6, 6.07) is 6.60. The van der Waals surface area contributed by atoms with Crippen LogP contribution in [0.25, 0.3) is 22.6 Å². The molecule has 3 heterocycles. The van der Waals surface area contributed by atoms with Gasteiger partial charge < -0.3 is 25.2 Å². The first-order chi connectivity index (χ1) is 14.8. The van der Waals surface area contributed by atoms with Gasteiger partial charge in [0.15, 0.2) is 12.1 Å². The molecule has 3 aromatic rings. The van der Waals surface area contributed by atoms with Crippen molar-refractivity contribution in [1.29, 1.82) is 0 Å². The zero-order chi connectivity index (χ0) is 22.3.